The van der Waals surface area contributed by atoms with Gasteiger partial charge in [-0.3, -0.25) is 0 Å². The molecule has 0 atom stereocenters. The zero-order valence-corrected chi connectivity index (χ0v) is 14.7. The van der Waals surface area contributed by atoms with Gasteiger partial charge < -0.3 is 9.64 Å². The molecule has 23 heavy (non-hydrogen) atoms. The molecule has 1 saturated heterocycles. The van der Waals surface area contributed by atoms with Crippen LogP contribution in [0.1, 0.15) is 5.56 Å². The fourth-order valence-electron chi connectivity index (χ4n) is 2.83. The van der Waals surface area contributed by atoms with Crippen molar-refractivity contribution >= 4 is 39.3 Å². The summed E-state index contributed by atoms with van der Waals surface area (Å²) in [5, 5.41) is 0.685. The quantitative estimate of drug-likeness (QED) is 0.620. The highest BCUT2D eigenvalue weighted by Gasteiger charge is 2.25. The molecule has 0 spiro atoms. The third-order valence-electron chi connectivity index (χ3n) is 4.02. The van der Waals surface area contributed by atoms with E-state index in [-0.39, 0.29) is 0 Å². The van der Waals surface area contributed by atoms with Gasteiger partial charge in [0.2, 0.25) is 0 Å². The maximum atomic E-state index is 6.22. The third kappa shape index (κ3) is 2.96. The summed E-state index contributed by atoms with van der Waals surface area (Å²) in [4.78, 5) is 7.19. The molecule has 4 nitrogen and oxygen atoms in total. The number of nitrogens with zero attached hydrogens (tertiary/aromatic N) is 3. The first-order valence-electron chi connectivity index (χ1n) is 7.52. The number of amidine groups is 1. The summed E-state index contributed by atoms with van der Waals surface area (Å²) in [6.07, 6.45) is 0. The lowest BCUT2D eigenvalue weighted by atomic mass is 10.1. The van der Waals surface area contributed by atoms with Gasteiger partial charge in [-0.15, -0.1) is 0 Å². The second-order valence-corrected chi connectivity index (χ2v) is 6.98. The molecule has 2 aliphatic heterocycles. The van der Waals surface area contributed by atoms with Crippen molar-refractivity contribution in [2.24, 2.45) is 4.99 Å². The van der Waals surface area contributed by atoms with Crippen LogP contribution >= 0.6 is 27.7 Å². The molecule has 0 aliphatic carbocycles. The molecular formula is C17H15BrClN3O. The highest BCUT2D eigenvalue weighted by atomic mass is 79.9. The molecule has 2 aromatic carbocycles. The van der Waals surface area contributed by atoms with E-state index in [0.29, 0.717) is 5.02 Å². The summed E-state index contributed by atoms with van der Waals surface area (Å²) in [5.41, 5.74) is 1.79. The van der Waals surface area contributed by atoms with Crippen molar-refractivity contribution in [2.75, 3.05) is 26.2 Å². The fourth-order valence-corrected chi connectivity index (χ4v) is 3.32. The second kappa shape index (κ2) is 6.15. The maximum absolute atomic E-state index is 6.22. The van der Waals surface area contributed by atoms with E-state index in [9.17, 15) is 0 Å². The largest absolute Gasteiger partial charge is 0.454 e. The van der Waals surface area contributed by atoms with E-state index >= 15 is 0 Å². The van der Waals surface area contributed by atoms with Crippen LogP contribution in [-0.2, 0) is 0 Å². The summed E-state index contributed by atoms with van der Waals surface area (Å²) in [6.45, 7) is 3.69. The topological polar surface area (TPSA) is 28.1 Å². The smallest absolute Gasteiger partial charge is 0.153 e. The summed E-state index contributed by atoms with van der Waals surface area (Å²) < 4.78 is 8.22. The predicted molar refractivity (Wildman–Crippen MR) is 96.2 cm³/mol. The van der Waals surface area contributed by atoms with Gasteiger partial charge in [-0.1, -0.05) is 23.7 Å². The summed E-state index contributed by atoms with van der Waals surface area (Å²) >= 11 is 9.77. The molecule has 6 heteroatoms. The van der Waals surface area contributed by atoms with Crippen LogP contribution in [0.4, 0.5) is 5.69 Å². The highest BCUT2D eigenvalue weighted by Crippen LogP contribution is 2.38. The minimum Gasteiger partial charge on any atom is -0.454 e. The van der Waals surface area contributed by atoms with E-state index in [2.05, 4.69) is 25.0 Å². The zero-order valence-electron chi connectivity index (χ0n) is 12.4. The SMILES string of the molecule is Clc1ccc2c(c1)C(N1CCN(Br)CC1)=Nc1ccccc1O2. The molecule has 118 valence electrons. The lowest BCUT2D eigenvalue weighted by Gasteiger charge is -2.33. The van der Waals surface area contributed by atoms with Gasteiger partial charge in [0.25, 0.3) is 0 Å². The Morgan fingerprint density at radius 2 is 1.78 bits per heavy atom. The second-order valence-electron chi connectivity index (χ2n) is 5.54. The standard InChI is InChI=1S/C17H15BrClN3O/c18-22-9-7-21(8-10-22)17-13-11-12(19)5-6-15(13)23-16-4-2-1-3-14(16)20-17/h1-6,11H,7-10H2. The number of halogens is 2. The van der Waals surface area contributed by atoms with Crippen molar-refractivity contribution < 1.29 is 4.74 Å². The Kier molecular flexibility index (Phi) is 4.01. The first-order chi connectivity index (χ1) is 11.2. The van der Waals surface area contributed by atoms with Crippen LogP contribution in [0.2, 0.25) is 5.02 Å². The van der Waals surface area contributed by atoms with Gasteiger partial charge in [0.15, 0.2) is 5.75 Å². The van der Waals surface area contributed by atoms with E-state index in [1.165, 1.54) is 0 Å². The van der Waals surface area contributed by atoms with E-state index in [1.54, 1.807) is 0 Å². The number of piperazine rings is 1. The first-order valence-corrected chi connectivity index (χ1v) is 8.60. The number of hydrogen-bond acceptors (Lipinski definition) is 4. The lowest BCUT2D eigenvalue weighted by molar-refractivity contribution is 0.289. The molecule has 0 aromatic heterocycles. The minimum atomic E-state index is 0.685. The van der Waals surface area contributed by atoms with E-state index in [1.807, 2.05) is 42.5 Å². The summed E-state index contributed by atoms with van der Waals surface area (Å²) in [6, 6.07) is 13.5. The van der Waals surface area contributed by atoms with Crippen LogP contribution in [0.25, 0.3) is 0 Å². The Morgan fingerprint density at radius 1 is 1.00 bits per heavy atom. The van der Waals surface area contributed by atoms with Crippen LogP contribution in [0.5, 0.6) is 11.5 Å². The number of benzene rings is 2. The van der Waals surface area contributed by atoms with Crippen LogP contribution < -0.4 is 4.74 Å². The van der Waals surface area contributed by atoms with Crippen LogP contribution in [0.15, 0.2) is 47.5 Å². The van der Waals surface area contributed by atoms with Crippen LogP contribution in [-0.4, -0.2) is 40.8 Å². The summed E-state index contributed by atoms with van der Waals surface area (Å²) in [7, 11) is 0. The Morgan fingerprint density at radius 3 is 2.61 bits per heavy atom. The molecule has 2 aromatic rings. The van der Waals surface area contributed by atoms with Crippen molar-refractivity contribution in [3.8, 4) is 11.5 Å². The normalized spacial score (nSPS) is 17.7. The Bertz CT molecular complexity index is 772. The van der Waals surface area contributed by atoms with Crippen molar-refractivity contribution in [3.05, 3.63) is 53.1 Å². The number of para-hydroxylation sites is 2. The van der Waals surface area contributed by atoms with Crippen molar-refractivity contribution in [1.82, 2.24) is 8.83 Å². The van der Waals surface area contributed by atoms with Gasteiger partial charge in [-0.2, -0.15) is 0 Å². The molecule has 0 unspecified atom stereocenters. The molecule has 2 heterocycles. The van der Waals surface area contributed by atoms with Gasteiger partial charge in [0, 0.05) is 47.3 Å². The van der Waals surface area contributed by atoms with Gasteiger partial charge in [0.05, 0.1) is 5.56 Å². The molecule has 0 bridgehead atoms. The van der Waals surface area contributed by atoms with Gasteiger partial charge in [0.1, 0.15) is 17.3 Å². The molecule has 2 aliphatic rings. The molecule has 0 amide bonds. The molecule has 1 fully saturated rings. The maximum Gasteiger partial charge on any atom is 0.153 e. The van der Waals surface area contributed by atoms with Crippen molar-refractivity contribution in [3.63, 3.8) is 0 Å². The number of aliphatic imine (C=N–C) groups is 1. The number of rotatable bonds is 0. The zero-order chi connectivity index (χ0) is 15.8. The van der Waals surface area contributed by atoms with Gasteiger partial charge >= 0.3 is 0 Å². The average Bonchev–Trinajstić information content (AvgIpc) is 2.72. The minimum absolute atomic E-state index is 0.685. The third-order valence-corrected chi connectivity index (χ3v) is 4.96. The molecule has 0 N–H and O–H groups in total. The number of ether oxygens (including phenoxy) is 1. The fraction of sp³-hybridized carbons (Fsp3) is 0.235. The predicted octanol–water partition coefficient (Wildman–Crippen LogP) is 4.45. The Hall–Kier alpha value is -1.56. The Labute approximate surface area is 148 Å². The number of fused-ring (bicyclic) bond motifs is 2. The monoisotopic (exact) mass is 391 g/mol. The molecule has 0 saturated carbocycles. The number of hydrogen-bond donors (Lipinski definition) is 0. The summed E-state index contributed by atoms with van der Waals surface area (Å²) in [5.74, 6) is 2.48. The van der Waals surface area contributed by atoms with Gasteiger partial charge in [-0.25, -0.2) is 8.92 Å². The first kappa shape index (κ1) is 15.0. The van der Waals surface area contributed by atoms with E-state index in [0.717, 1.165) is 54.8 Å². The van der Waals surface area contributed by atoms with Crippen LogP contribution in [0, 0.1) is 0 Å². The highest BCUT2D eigenvalue weighted by molar-refractivity contribution is 9.07. The molecule has 0 radical (unpaired) electrons. The van der Waals surface area contributed by atoms with Crippen molar-refractivity contribution in [2.45, 2.75) is 0 Å². The molecule has 4 rings (SSSR count). The van der Waals surface area contributed by atoms with E-state index in [4.69, 9.17) is 21.3 Å². The Balaban J connectivity index is 1.84. The van der Waals surface area contributed by atoms with Gasteiger partial charge in [-0.05, 0) is 30.3 Å². The van der Waals surface area contributed by atoms with Crippen molar-refractivity contribution in [1.29, 1.82) is 0 Å². The lowest BCUT2D eigenvalue weighted by Crippen LogP contribution is -2.45. The van der Waals surface area contributed by atoms with Crippen LogP contribution in [0.3, 0.4) is 0 Å². The van der Waals surface area contributed by atoms with E-state index < -0.39 is 0 Å². The molecular weight excluding hydrogens is 378 g/mol. The average molecular weight is 393 g/mol.